The fourth-order valence-corrected chi connectivity index (χ4v) is 3.59. The molecule has 2 heterocycles. The summed E-state index contributed by atoms with van der Waals surface area (Å²) in [4.78, 5) is 31.0. The first-order valence-electron chi connectivity index (χ1n) is 9.26. The molecule has 8 nitrogen and oxygen atoms in total. The molecule has 0 saturated heterocycles. The molecule has 30 heavy (non-hydrogen) atoms. The summed E-state index contributed by atoms with van der Waals surface area (Å²) in [5, 5.41) is 3.00. The monoisotopic (exact) mass is 404 g/mol. The quantitative estimate of drug-likeness (QED) is 0.572. The summed E-state index contributed by atoms with van der Waals surface area (Å²) in [5.74, 6) is 0.613. The number of H-pyrrole nitrogens is 1. The Labute approximate surface area is 172 Å². The van der Waals surface area contributed by atoms with E-state index in [4.69, 9.17) is 15.2 Å². The van der Waals surface area contributed by atoms with Crippen molar-refractivity contribution in [2.45, 2.75) is 12.8 Å². The van der Waals surface area contributed by atoms with Gasteiger partial charge in [0.25, 0.3) is 0 Å². The van der Waals surface area contributed by atoms with Crippen molar-refractivity contribution in [1.29, 1.82) is 0 Å². The van der Waals surface area contributed by atoms with Crippen LogP contribution in [0.5, 0.6) is 11.5 Å². The zero-order valence-electron chi connectivity index (χ0n) is 16.4. The topological polar surface area (TPSA) is 119 Å². The van der Waals surface area contributed by atoms with Gasteiger partial charge in [-0.15, -0.1) is 0 Å². The number of nitrogens with two attached hydrogens (primary N) is 1. The lowest BCUT2D eigenvalue weighted by atomic mass is 9.82. The van der Waals surface area contributed by atoms with Crippen molar-refractivity contribution in [3.05, 3.63) is 87.5 Å². The Balaban J connectivity index is 1.86. The van der Waals surface area contributed by atoms with Crippen LogP contribution >= 0.6 is 0 Å². The molecule has 4 N–H and O–H groups in total. The molecule has 0 amide bonds. The third-order valence-electron chi connectivity index (χ3n) is 4.86. The predicted molar refractivity (Wildman–Crippen MR) is 112 cm³/mol. The van der Waals surface area contributed by atoms with Gasteiger partial charge >= 0.3 is 11.7 Å². The molecule has 0 saturated carbocycles. The number of para-hydroxylation sites is 1. The van der Waals surface area contributed by atoms with Gasteiger partial charge in [0.1, 0.15) is 23.1 Å². The first kappa shape index (κ1) is 19.3. The predicted octanol–water partition coefficient (Wildman–Crippen LogP) is 3.15. The molecule has 2 aromatic carbocycles. The summed E-state index contributed by atoms with van der Waals surface area (Å²) in [5.41, 5.74) is 7.71. The van der Waals surface area contributed by atoms with Crippen molar-refractivity contribution in [2.75, 3.05) is 18.2 Å². The molecule has 1 aliphatic heterocycles. The Morgan fingerprint density at radius 3 is 2.57 bits per heavy atom. The minimum atomic E-state index is -0.600. The normalized spacial score (nSPS) is 15.2. The van der Waals surface area contributed by atoms with Crippen LogP contribution in [0.4, 0.5) is 11.6 Å². The van der Waals surface area contributed by atoms with E-state index in [0.717, 1.165) is 5.56 Å². The highest BCUT2D eigenvalue weighted by Crippen LogP contribution is 2.43. The lowest BCUT2D eigenvalue weighted by Crippen LogP contribution is -2.28. The standard InChI is InChI=1S/C22H20N4O4/c1-12-16(21(27)29-2)17(18-19(23)25-22(28)26-20(18)24-12)13-7-6-10-15(11-13)30-14-8-4-3-5-9-14/h3-11,17H,1-2H3,(H4,23,24,25,26,28). The van der Waals surface area contributed by atoms with Crippen LogP contribution in [0.3, 0.4) is 0 Å². The van der Waals surface area contributed by atoms with Gasteiger partial charge in [-0.1, -0.05) is 30.3 Å². The fraction of sp³-hybridized carbons (Fsp3) is 0.136. The lowest BCUT2D eigenvalue weighted by Gasteiger charge is -2.29. The second-order valence-electron chi connectivity index (χ2n) is 6.79. The molecule has 0 fully saturated rings. The highest BCUT2D eigenvalue weighted by molar-refractivity contribution is 5.95. The number of esters is 1. The number of hydrogen-bond donors (Lipinski definition) is 3. The van der Waals surface area contributed by atoms with Gasteiger partial charge in [0.2, 0.25) is 0 Å². The summed E-state index contributed by atoms with van der Waals surface area (Å²) in [7, 11) is 1.32. The Morgan fingerprint density at radius 2 is 1.83 bits per heavy atom. The van der Waals surface area contributed by atoms with Crippen LogP contribution in [0.2, 0.25) is 0 Å². The smallest absolute Gasteiger partial charge is 0.348 e. The number of nitrogens with one attached hydrogen (secondary N) is 2. The Morgan fingerprint density at radius 1 is 1.10 bits per heavy atom. The highest BCUT2D eigenvalue weighted by atomic mass is 16.5. The average Bonchev–Trinajstić information content (AvgIpc) is 2.73. The van der Waals surface area contributed by atoms with Crippen LogP contribution in [0.25, 0.3) is 0 Å². The van der Waals surface area contributed by atoms with Gasteiger partial charge in [-0.2, -0.15) is 4.98 Å². The van der Waals surface area contributed by atoms with Crippen molar-refractivity contribution in [2.24, 2.45) is 0 Å². The van der Waals surface area contributed by atoms with E-state index in [0.29, 0.717) is 34.2 Å². The number of fused-ring (bicyclic) bond motifs is 1. The number of aromatic nitrogens is 2. The van der Waals surface area contributed by atoms with E-state index in [1.54, 1.807) is 6.92 Å². The van der Waals surface area contributed by atoms with Gasteiger partial charge in [-0.05, 0) is 36.8 Å². The molecule has 1 aliphatic rings. The summed E-state index contributed by atoms with van der Waals surface area (Å²) < 4.78 is 11.0. The van der Waals surface area contributed by atoms with E-state index >= 15 is 0 Å². The minimum absolute atomic E-state index is 0.130. The van der Waals surface area contributed by atoms with Crippen LogP contribution < -0.4 is 21.5 Å². The van der Waals surface area contributed by atoms with E-state index in [1.165, 1.54) is 7.11 Å². The number of anilines is 2. The zero-order chi connectivity index (χ0) is 21.3. The van der Waals surface area contributed by atoms with Crippen molar-refractivity contribution in [1.82, 2.24) is 9.97 Å². The Kier molecular flexibility index (Phi) is 4.97. The Hall–Kier alpha value is -4.07. The highest BCUT2D eigenvalue weighted by Gasteiger charge is 2.36. The first-order chi connectivity index (χ1) is 14.5. The molecule has 8 heteroatoms. The second-order valence-corrected chi connectivity index (χ2v) is 6.79. The number of nitrogen functional groups attached to an aromatic ring is 1. The fourth-order valence-electron chi connectivity index (χ4n) is 3.59. The van der Waals surface area contributed by atoms with Crippen LogP contribution in [-0.4, -0.2) is 23.0 Å². The molecule has 0 bridgehead atoms. The summed E-state index contributed by atoms with van der Waals surface area (Å²) in [6, 6.07) is 16.7. The molecule has 0 radical (unpaired) electrons. The maximum atomic E-state index is 12.6. The van der Waals surface area contributed by atoms with Gasteiger partial charge in [0.15, 0.2) is 0 Å². The number of ether oxygens (including phenoxy) is 2. The molecule has 4 rings (SSSR count). The molecule has 0 spiro atoms. The number of nitrogens with zero attached hydrogens (tertiary/aromatic N) is 1. The molecule has 1 atom stereocenters. The third-order valence-corrected chi connectivity index (χ3v) is 4.86. The zero-order valence-corrected chi connectivity index (χ0v) is 16.4. The van der Waals surface area contributed by atoms with Gasteiger partial charge in [0.05, 0.1) is 18.6 Å². The largest absolute Gasteiger partial charge is 0.466 e. The molecule has 0 aliphatic carbocycles. The number of carbonyl (C=O) groups is 1. The summed E-state index contributed by atoms with van der Waals surface area (Å²) in [6.45, 7) is 1.73. The first-order valence-corrected chi connectivity index (χ1v) is 9.26. The van der Waals surface area contributed by atoms with Gasteiger partial charge in [-0.3, -0.25) is 4.98 Å². The van der Waals surface area contributed by atoms with E-state index in [2.05, 4.69) is 15.3 Å². The average molecular weight is 404 g/mol. The number of carbonyl (C=O) groups excluding carboxylic acids is 1. The van der Waals surface area contributed by atoms with E-state index in [-0.39, 0.29) is 5.82 Å². The SMILES string of the molecule is COC(=O)C1=C(C)Nc2nc(=O)[nH]c(N)c2C1c1cccc(Oc2ccccc2)c1. The number of hydrogen-bond acceptors (Lipinski definition) is 7. The van der Waals surface area contributed by atoms with E-state index < -0.39 is 17.6 Å². The van der Waals surface area contributed by atoms with Gasteiger partial charge < -0.3 is 20.5 Å². The van der Waals surface area contributed by atoms with E-state index in [1.807, 2.05) is 54.6 Å². The summed E-state index contributed by atoms with van der Waals surface area (Å²) in [6.07, 6.45) is 0. The molecular formula is C22H20N4O4. The molecule has 3 aromatic rings. The van der Waals surface area contributed by atoms with Crippen LogP contribution in [0.15, 0.2) is 70.7 Å². The van der Waals surface area contributed by atoms with Crippen LogP contribution in [0.1, 0.15) is 24.0 Å². The number of allylic oxidation sites excluding steroid dienone is 1. The second kappa shape index (κ2) is 7.75. The molecule has 1 unspecified atom stereocenters. The van der Waals surface area contributed by atoms with Crippen LogP contribution in [0, 0.1) is 0 Å². The minimum Gasteiger partial charge on any atom is -0.466 e. The van der Waals surface area contributed by atoms with Crippen molar-refractivity contribution in [3.63, 3.8) is 0 Å². The molecule has 1 aromatic heterocycles. The maximum Gasteiger partial charge on any atom is 0.348 e. The third kappa shape index (κ3) is 3.50. The lowest BCUT2D eigenvalue weighted by molar-refractivity contribution is -0.136. The van der Waals surface area contributed by atoms with Crippen molar-refractivity contribution >= 4 is 17.6 Å². The molecule has 152 valence electrons. The van der Waals surface area contributed by atoms with Gasteiger partial charge in [-0.25, -0.2) is 9.59 Å². The van der Waals surface area contributed by atoms with E-state index in [9.17, 15) is 9.59 Å². The molecular weight excluding hydrogens is 384 g/mol. The number of aromatic amines is 1. The Bertz CT molecular complexity index is 1200. The van der Waals surface area contributed by atoms with Crippen molar-refractivity contribution in [3.8, 4) is 11.5 Å². The number of rotatable bonds is 4. The number of benzene rings is 2. The van der Waals surface area contributed by atoms with Crippen LogP contribution in [-0.2, 0) is 9.53 Å². The van der Waals surface area contributed by atoms with Crippen molar-refractivity contribution < 1.29 is 14.3 Å². The maximum absolute atomic E-state index is 12.6. The van der Waals surface area contributed by atoms with Gasteiger partial charge in [0, 0.05) is 11.3 Å². The summed E-state index contributed by atoms with van der Waals surface area (Å²) >= 11 is 0. The number of methoxy groups -OCH3 is 1.